The van der Waals surface area contributed by atoms with Crippen LogP contribution in [0.4, 0.5) is 5.69 Å². The largest absolute Gasteiger partial charge is 0.356 e. The number of nitrogens with zero attached hydrogens (tertiary/aromatic N) is 1. The first-order chi connectivity index (χ1) is 13.8. The predicted octanol–water partition coefficient (Wildman–Crippen LogP) is 4.41. The topological polar surface area (TPSA) is 48.1 Å². The molecule has 29 heavy (non-hydrogen) atoms. The Morgan fingerprint density at radius 2 is 1.90 bits per heavy atom. The minimum atomic E-state index is -0.849. The fraction of sp³-hybridized carbons (Fsp3) is 0.320. The van der Waals surface area contributed by atoms with Crippen LogP contribution in [0.1, 0.15) is 48.7 Å². The summed E-state index contributed by atoms with van der Waals surface area (Å²) in [6.45, 7) is 9.33. The van der Waals surface area contributed by atoms with E-state index < -0.39 is 5.54 Å². The van der Waals surface area contributed by atoms with E-state index in [1.165, 1.54) is 27.6 Å². The molecular weight excluding hydrogens is 358 g/mol. The van der Waals surface area contributed by atoms with Gasteiger partial charge in [0.25, 0.3) is 5.91 Å². The van der Waals surface area contributed by atoms with Gasteiger partial charge in [-0.2, -0.15) is 0 Å². The lowest BCUT2D eigenvalue weighted by molar-refractivity contribution is -0.123. The second kappa shape index (κ2) is 5.19. The number of fused-ring (bicyclic) bond motifs is 5. The summed E-state index contributed by atoms with van der Waals surface area (Å²) in [7, 11) is 0. The van der Waals surface area contributed by atoms with Crippen LogP contribution in [-0.4, -0.2) is 23.0 Å². The lowest BCUT2D eigenvalue weighted by atomic mass is 9.80. The molecule has 6 rings (SSSR count). The van der Waals surface area contributed by atoms with Gasteiger partial charge in [0.1, 0.15) is 0 Å². The van der Waals surface area contributed by atoms with E-state index in [1.54, 1.807) is 0 Å². The van der Waals surface area contributed by atoms with Crippen LogP contribution >= 0.6 is 0 Å². The van der Waals surface area contributed by atoms with Crippen molar-refractivity contribution in [1.82, 2.24) is 10.3 Å². The number of hydrogen-bond acceptors (Lipinski definition) is 2. The lowest BCUT2D eigenvalue weighted by Gasteiger charge is -2.40. The van der Waals surface area contributed by atoms with Crippen LogP contribution in [0.15, 0.2) is 42.5 Å². The standard InChI is InChI=1S/C25H25N3O/c1-14-11-18-15(2)13-24(3,4)28-21(18)19(12-14)25(23(28)29)22-17(9-10-26-25)16-7-5-6-8-20(16)27-22/h5-8,11-13,26-27H,9-10H2,1-4H3/t25-/m0/s1. The number of amides is 1. The number of hydrogen-bond donors (Lipinski definition) is 2. The summed E-state index contributed by atoms with van der Waals surface area (Å²) in [6.07, 6.45) is 3.15. The molecule has 146 valence electrons. The van der Waals surface area contributed by atoms with E-state index in [4.69, 9.17) is 0 Å². The van der Waals surface area contributed by atoms with Crippen molar-refractivity contribution in [2.75, 3.05) is 11.4 Å². The second-order valence-electron chi connectivity index (χ2n) is 9.28. The van der Waals surface area contributed by atoms with Crippen molar-refractivity contribution < 1.29 is 4.79 Å². The average molecular weight is 383 g/mol. The zero-order valence-electron chi connectivity index (χ0n) is 17.3. The van der Waals surface area contributed by atoms with Gasteiger partial charge < -0.3 is 9.88 Å². The fourth-order valence-corrected chi connectivity index (χ4v) is 5.87. The summed E-state index contributed by atoms with van der Waals surface area (Å²) >= 11 is 0. The van der Waals surface area contributed by atoms with Crippen LogP contribution in [-0.2, 0) is 16.8 Å². The van der Waals surface area contributed by atoms with Crippen molar-refractivity contribution in [3.63, 3.8) is 0 Å². The Labute approximate surface area is 170 Å². The van der Waals surface area contributed by atoms with Gasteiger partial charge in [0.2, 0.25) is 0 Å². The van der Waals surface area contributed by atoms with Gasteiger partial charge in [-0.25, -0.2) is 0 Å². The molecule has 0 saturated heterocycles. The highest BCUT2D eigenvalue weighted by Gasteiger charge is 2.59. The Hall–Kier alpha value is -2.85. The molecule has 0 radical (unpaired) electrons. The summed E-state index contributed by atoms with van der Waals surface area (Å²) in [6, 6.07) is 12.8. The Balaban J connectivity index is 1.74. The molecule has 1 amide bonds. The number of aryl methyl sites for hydroxylation is 1. The highest BCUT2D eigenvalue weighted by atomic mass is 16.2. The van der Waals surface area contributed by atoms with E-state index in [1.807, 2.05) is 11.0 Å². The average Bonchev–Trinajstić information content (AvgIpc) is 3.17. The van der Waals surface area contributed by atoms with Gasteiger partial charge in [-0.3, -0.25) is 10.1 Å². The van der Waals surface area contributed by atoms with Crippen molar-refractivity contribution in [3.8, 4) is 0 Å². The Kier molecular flexibility index (Phi) is 3.05. The molecule has 4 heteroatoms. The number of rotatable bonds is 0. The van der Waals surface area contributed by atoms with E-state index in [0.29, 0.717) is 0 Å². The van der Waals surface area contributed by atoms with Gasteiger partial charge in [0, 0.05) is 28.6 Å². The quantitative estimate of drug-likeness (QED) is 0.604. The first-order valence-corrected chi connectivity index (χ1v) is 10.4. The van der Waals surface area contributed by atoms with Crippen LogP contribution in [0.25, 0.3) is 16.5 Å². The van der Waals surface area contributed by atoms with E-state index in [-0.39, 0.29) is 11.4 Å². The molecule has 4 heterocycles. The summed E-state index contributed by atoms with van der Waals surface area (Å²) in [5, 5.41) is 4.90. The number of anilines is 1. The third kappa shape index (κ3) is 1.90. The number of H-pyrrole nitrogens is 1. The molecule has 3 aliphatic heterocycles. The number of aromatic nitrogens is 1. The number of allylic oxidation sites excluding steroid dienone is 1. The van der Waals surface area contributed by atoms with Crippen LogP contribution in [0.3, 0.4) is 0 Å². The molecular formula is C25H25N3O. The molecule has 2 aromatic carbocycles. The van der Waals surface area contributed by atoms with Gasteiger partial charge in [0.15, 0.2) is 5.54 Å². The van der Waals surface area contributed by atoms with Crippen molar-refractivity contribution in [2.24, 2.45) is 0 Å². The summed E-state index contributed by atoms with van der Waals surface area (Å²) < 4.78 is 0. The number of carbonyl (C=O) groups is 1. The Morgan fingerprint density at radius 3 is 2.72 bits per heavy atom. The first kappa shape index (κ1) is 17.0. The third-order valence-electron chi connectivity index (χ3n) is 6.93. The summed E-state index contributed by atoms with van der Waals surface area (Å²) in [4.78, 5) is 19.9. The predicted molar refractivity (Wildman–Crippen MR) is 117 cm³/mol. The molecule has 0 aliphatic carbocycles. The fourth-order valence-electron chi connectivity index (χ4n) is 5.87. The highest BCUT2D eigenvalue weighted by molar-refractivity contribution is 6.15. The molecule has 3 aliphatic rings. The second-order valence-corrected chi connectivity index (χ2v) is 9.28. The first-order valence-electron chi connectivity index (χ1n) is 10.4. The zero-order valence-corrected chi connectivity index (χ0v) is 17.3. The summed E-state index contributed by atoms with van der Waals surface area (Å²) in [5.41, 5.74) is 7.94. The molecule has 0 saturated carbocycles. The molecule has 0 fully saturated rings. The minimum Gasteiger partial charge on any atom is -0.356 e. The van der Waals surface area contributed by atoms with E-state index in [2.05, 4.69) is 74.4 Å². The van der Waals surface area contributed by atoms with E-state index in [0.717, 1.165) is 35.4 Å². The molecule has 1 atom stereocenters. The van der Waals surface area contributed by atoms with Crippen LogP contribution in [0.5, 0.6) is 0 Å². The summed E-state index contributed by atoms with van der Waals surface area (Å²) in [5.74, 6) is 0.126. The van der Waals surface area contributed by atoms with Gasteiger partial charge in [-0.1, -0.05) is 35.9 Å². The number of aromatic amines is 1. The normalized spacial score (nSPS) is 24.1. The van der Waals surface area contributed by atoms with E-state index >= 15 is 0 Å². The van der Waals surface area contributed by atoms with Gasteiger partial charge in [-0.05, 0) is 57.4 Å². The molecule has 3 aromatic rings. The van der Waals surface area contributed by atoms with Crippen molar-refractivity contribution >= 4 is 28.1 Å². The maximum atomic E-state index is 14.2. The van der Waals surface area contributed by atoms with Crippen molar-refractivity contribution in [2.45, 2.75) is 45.2 Å². The minimum absolute atomic E-state index is 0.126. The van der Waals surface area contributed by atoms with Crippen LogP contribution < -0.4 is 10.2 Å². The smallest absolute Gasteiger partial charge is 0.258 e. The monoisotopic (exact) mass is 383 g/mol. The number of carbonyl (C=O) groups excluding carboxylic acids is 1. The Morgan fingerprint density at radius 1 is 1.10 bits per heavy atom. The maximum Gasteiger partial charge on any atom is 0.258 e. The number of benzene rings is 2. The number of para-hydroxylation sites is 1. The zero-order chi connectivity index (χ0) is 20.1. The van der Waals surface area contributed by atoms with Gasteiger partial charge in [0.05, 0.1) is 16.9 Å². The SMILES string of the molecule is CC1=CC(C)(C)N2C(=O)[C@]3(NCCc4c3[nH]c3ccccc43)c3cc(C)cc1c32. The van der Waals surface area contributed by atoms with Gasteiger partial charge >= 0.3 is 0 Å². The molecule has 0 unspecified atom stereocenters. The lowest BCUT2D eigenvalue weighted by Crippen LogP contribution is -2.58. The van der Waals surface area contributed by atoms with Gasteiger partial charge in [-0.15, -0.1) is 0 Å². The van der Waals surface area contributed by atoms with Crippen LogP contribution in [0.2, 0.25) is 0 Å². The molecule has 1 spiro atoms. The van der Waals surface area contributed by atoms with Crippen molar-refractivity contribution in [3.05, 3.63) is 70.4 Å². The molecule has 4 nitrogen and oxygen atoms in total. The maximum absolute atomic E-state index is 14.2. The highest BCUT2D eigenvalue weighted by Crippen LogP contribution is 2.54. The Bertz CT molecular complexity index is 1260. The molecule has 2 N–H and O–H groups in total. The van der Waals surface area contributed by atoms with E-state index in [9.17, 15) is 4.79 Å². The molecule has 1 aromatic heterocycles. The third-order valence-corrected chi connectivity index (χ3v) is 6.93. The molecule has 0 bridgehead atoms. The van der Waals surface area contributed by atoms with Crippen LogP contribution in [0, 0.1) is 6.92 Å². The number of nitrogens with one attached hydrogen (secondary N) is 2. The van der Waals surface area contributed by atoms with Crippen molar-refractivity contribution in [1.29, 1.82) is 0 Å².